The van der Waals surface area contributed by atoms with Crippen LogP contribution >= 0.6 is 0 Å². The number of hydrogen-bond acceptors (Lipinski definition) is 6. The summed E-state index contributed by atoms with van der Waals surface area (Å²) < 4.78 is 16.7. The van der Waals surface area contributed by atoms with Crippen molar-refractivity contribution in [1.29, 1.82) is 0 Å². The van der Waals surface area contributed by atoms with Gasteiger partial charge in [-0.05, 0) is 83.5 Å². The lowest BCUT2D eigenvalue weighted by Gasteiger charge is -2.18. The molecule has 0 aromatic rings. The monoisotopic (exact) mass is 881 g/mol. The Morgan fingerprint density at radius 3 is 0.984 bits per heavy atom. The zero-order chi connectivity index (χ0) is 45.8. The van der Waals surface area contributed by atoms with Gasteiger partial charge >= 0.3 is 17.9 Å². The van der Waals surface area contributed by atoms with Crippen molar-refractivity contribution in [3.63, 3.8) is 0 Å². The van der Waals surface area contributed by atoms with E-state index in [4.69, 9.17) is 14.2 Å². The second-order valence-electron chi connectivity index (χ2n) is 17.8. The third kappa shape index (κ3) is 50.0. The van der Waals surface area contributed by atoms with E-state index in [0.717, 1.165) is 96.3 Å². The molecule has 0 saturated heterocycles. The summed E-state index contributed by atoms with van der Waals surface area (Å²) in [5.74, 6) is -0.892. The van der Waals surface area contributed by atoms with Crippen molar-refractivity contribution in [2.24, 2.45) is 0 Å². The number of unbranched alkanes of at least 4 members (excludes halogenated alkanes) is 27. The van der Waals surface area contributed by atoms with Crippen LogP contribution in [-0.2, 0) is 28.6 Å². The van der Waals surface area contributed by atoms with E-state index in [-0.39, 0.29) is 31.1 Å². The van der Waals surface area contributed by atoms with Crippen LogP contribution in [0.2, 0.25) is 0 Å². The average Bonchev–Trinajstić information content (AvgIpc) is 3.28. The lowest BCUT2D eigenvalue weighted by Crippen LogP contribution is -2.30. The van der Waals surface area contributed by atoms with E-state index < -0.39 is 6.10 Å². The smallest absolute Gasteiger partial charge is 0.306 e. The molecule has 63 heavy (non-hydrogen) atoms. The lowest BCUT2D eigenvalue weighted by atomic mass is 10.0. The Bertz CT molecular complexity index is 1150. The van der Waals surface area contributed by atoms with E-state index in [9.17, 15) is 14.4 Å². The fourth-order valence-corrected chi connectivity index (χ4v) is 7.49. The van der Waals surface area contributed by atoms with Crippen LogP contribution in [0.5, 0.6) is 0 Å². The molecule has 0 aliphatic carbocycles. The zero-order valence-electron chi connectivity index (χ0n) is 41.6. The number of allylic oxidation sites excluding steroid dienone is 10. The van der Waals surface area contributed by atoms with Gasteiger partial charge in [0, 0.05) is 19.3 Å². The zero-order valence-corrected chi connectivity index (χ0v) is 41.6. The highest BCUT2D eigenvalue weighted by Gasteiger charge is 2.19. The Labute approximate surface area is 390 Å². The average molecular weight is 881 g/mol. The molecule has 0 N–H and O–H groups in total. The Hall–Kier alpha value is -2.89. The van der Waals surface area contributed by atoms with Gasteiger partial charge in [-0.25, -0.2) is 0 Å². The molecule has 0 rings (SSSR count). The van der Waals surface area contributed by atoms with Gasteiger partial charge in [0.1, 0.15) is 13.2 Å². The van der Waals surface area contributed by atoms with E-state index in [2.05, 4.69) is 81.5 Å². The summed E-state index contributed by atoms with van der Waals surface area (Å²) in [4.78, 5) is 37.8. The van der Waals surface area contributed by atoms with E-state index in [0.29, 0.717) is 19.3 Å². The molecular formula is C57H100O6. The molecule has 0 bridgehead atoms. The first-order valence-electron chi connectivity index (χ1n) is 26.8. The largest absolute Gasteiger partial charge is 0.462 e. The molecular weight excluding hydrogens is 781 g/mol. The maximum absolute atomic E-state index is 12.7. The second kappa shape index (κ2) is 51.7. The highest BCUT2D eigenvalue weighted by molar-refractivity contribution is 5.71. The predicted molar refractivity (Wildman–Crippen MR) is 270 cm³/mol. The minimum absolute atomic E-state index is 0.0768. The van der Waals surface area contributed by atoms with Gasteiger partial charge in [0.2, 0.25) is 0 Å². The van der Waals surface area contributed by atoms with Crippen molar-refractivity contribution in [2.75, 3.05) is 13.2 Å². The molecule has 0 heterocycles. The molecule has 364 valence electrons. The van der Waals surface area contributed by atoms with Gasteiger partial charge < -0.3 is 14.2 Å². The van der Waals surface area contributed by atoms with Gasteiger partial charge in [-0.15, -0.1) is 0 Å². The third-order valence-corrected chi connectivity index (χ3v) is 11.5. The first-order chi connectivity index (χ1) is 31.0. The molecule has 0 radical (unpaired) electrons. The second-order valence-corrected chi connectivity index (χ2v) is 17.8. The molecule has 0 amide bonds. The van der Waals surface area contributed by atoms with Gasteiger partial charge in [-0.1, -0.05) is 223 Å². The molecule has 0 aliphatic rings. The van der Waals surface area contributed by atoms with Crippen LogP contribution in [0.15, 0.2) is 60.8 Å². The normalized spacial score (nSPS) is 12.5. The van der Waals surface area contributed by atoms with Gasteiger partial charge in [-0.2, -0.15) is 0 Å². The van der Waals surface area contributed by atoms with E-state index in [1.165, 1.54) is 128 Å². The van der Waals surface area contributed by atoms with E-state index in [1.54, 1.807) is 0 Å². The standard InChI is InChI=1S/C57H100O6/c1-4-7-10-13-16-18-20-22-24-25-26-27-28-29-30-31-32-33-34-36-37-39-41-44-47-50-56(59)62-53-54(52-61-55(58)49-46-43-15-12-9-6-3)63-57(60)51-48-45-42-40-38-35-23-21-19-17-14-11-8-5-2/h7,10,16,18,21-24,26-27,54H,4-6,8-9,11-15,17,19-20,25,28-53H2,1-3H3/b10-7-,18-16-,23-21-,24-22-,27-26-. The van der Waals surface area contributed by atoms with Crippen LogP contribution in [0.25, 0.3) is 0 Å². The third-order valence-electron chi connectivity index (χ3n) is 11.5. The van der Waals surface area contributed by atoms with Crippen molar-refractivity contribution in [3.8, 4) is 0 Å². The first kappa shape index (κ1) is 60.1. The molecule has 6 nitrogen and oxygen atoms in total. The van der Waals surface area contributed by atoms with Gasteiger partial charge in [0.25, 0.3) is 0 Å². The SMILES string of the molecule is CC/C=C\C/C=C\C/C=C\C/C=C\CCCCCCCCCCCCCCC(=O)OCC(COC(=O)CCCCCCCC)OC(=O)CCCCCCC/C=C\CCCCCCC. The lowest BCUT2D eigenvalue weighted by molar-refractivity contribution is -0.167. The molecule has 6 heteroatoms. The highest BCUT2D eigenvalue weighted by atomic mass is 16.6. The summed E-state index contributed by atoms with van der Waals surface area (Å²) in [5, 5.41) is 0. The predicted octanol–water partition coefficient (Wildman–Crippen LogP) is 17.6. The fraction of sp³-hybridized carbons (Fsp3) is 0.772. The van der Waals surface area contributed by atoms with E-state index >= 15 is 0 Å². The maximum atomic E-state index is 12.7. The van der Waals surface area contributed by atoms with Crippen molar-refractivity contribution in [3.05, 3.63) is 60.8 Å². The number of carbonyl (C=O) groups excluding carboxylic acids is 3. The van der Waals surface area contributed by atoms with Gasteiger partial charge in [0.05, 0.1) is 0 Å². The van der Waals surface area contributed by atoms with Crippen molar-refractivity contribution >= 4 is 17.9 Å². The summed E-state index contributed by atoms with van der Waals surface area (Å²) in [6, 6.07) is 0. The molecule has 1 unspecified atom stereocenters. The Kier molecular flexibility index (Phi) is 49.4. The van der Waals surface area contributed by atoms with Crippen LogP contribution in [-0.4, -0.2) is 37.2 Å². The highest BCUT2D eigenvalue weighted by Crippen LogP contribution is 2.15. The Morgan fingerprint density at radius 1 is 0.333 bits per heavy atom. The number of ether oxygens (including phenoxy) is 3. The molecule has 0 spiro atoms. The fourth-order valence-electron chi connectivity index (χ4n) is 7.49. The van der Waals surface area contributed by atoms with Gasteiger partial charge in [0.15, 0.2) is 6.10 Å². The first-order valence-corrected chi connectivity index (χ1v) is 26.8. The molecule has 0 aliphatic heterocycles. The molecule has 1 atom stereocenters. The van der Waals surface area contributed by atoms with Crippen molar-refractivity contribution in [2.45, 2.75) is 271 Å². The summed E-state index contributed by atoms with van der Waals surface area (Å²) in [6.07, 6.45) is 63.8. The van der Waals surface area contributed by atoms with Crippen LogP contribution < -0.4 is 0 Å². The number of carbonyl (C=O) groups is 3. The van der Waals surface area contributed by atoms with E-state index in [1.807, 2.05) is 0 Å². The van der Waals surface area contributed by atoms with Crippen molar-refractivity contribution < 1.29 is 28.6 Å². The van der Waals surface area contributed by atoms with Crippen LogP contribution in [0, 0.1) is 0 Å². The number of esters is 3. The number of rotatable bonds is 48. The minimum atomic E-state index is -0.774. The van der Waals surface area contributed by atoms with Crippen LogP contribution in [0.4, 0.5) is 0 Å². The van der Waals surface area contributed by atoms with Crippen molar-refractivity contribution in [1.82, 2.24) is 0 Å². The number of hydrogen-bond donors (Lipinski definition) is 0. The van der Waals surface area contributed by atoms with Gasteiger partial charge in [-0.3, -0.25) is 14.4 Å². The van der Waals surface area contributed by atoms with Crippen LogP contribution in [0.3, 0.4) is 0 Å². The Balaban J connectivity index is 4.12. The minimum Gasteiger partial charge on any atom is -0.462 e. The van der Waals surface area contributed by atoms with Crippen LogP contribution in [0.1, 0.15) is 265 Å². The summed E-state index contributed by atoms with van der Waals surface area (Å²) in [7, 11) is 0. The molecule has 0 saturated carbocycles. The molecule has 0 aromatic heterocycles. The Morgan fingerprint density at radius 2 is 0.619 bits per heavy atom. The summed E-state index contributed by atoms with van der Waals surface area (Å²) in [5.41, 5.74) is 0. The molecule has 0 aromatic carbocycles. The topological polar surface area (TPSA) is 78.9 Å². The quantitative estimate of drug-likeness (QED) is 0.0262. The molecule has 0 fully saturated rings. The maximum Gasteiger partial charge on any atom is 0.306 e. The summed E-state index contributed by atoms with van der Waals surface area (Å²) >= 11 is 0. The summed E-state index contributed by atoms with van der Waals surface area (Å²) in [6.45, 7) is 6.46.